The molecule has 3 rings (SSSR count). The van der Waals surface area contributed by atoms with Crippen molar-refractivity contribution in [3.63, 3.8) is 0 Å². The van der Waals surface area contributed by atoms with E-state index in [1.807, 2.05) is 11.3 Å². The molecule has 0 saturated carbocycles. The van der Waals surface area contributed by atoms with Crippen LogP contribution in [0, 0.1) is 0 Å². The van der Waals surface area contributed by atoms with Crippen LogP contribution in [0.5, 0.6) is 0 Å². The highest BCUT2D eigenvalue weighted by Gasteiger charge is 2.26. The van der Waals surface area contributed by atoms with Crippen molar-refractivity contribution in [3.8, 4) is 0 Å². The van der Waals surface area contributed by atoms with E-state index in [2.05, 4.69) is 43.5 Å². The number of aryl methyl sites for hydroxylation is 1. The monoisotopic (exact) mass is 257 g/mol. The molecule has 0 spiro atoms. The van der Waals surface area contributed by atoms with E-state index in [0.29, 0.717) is 11.8 Å². The standard InChI is InChI=1S/C16H19NS/c1-3-11(2)15-10-18-16(17-15)14-9-8-12-6-4-5-7-13(12)14/h4-7,10-11,14H,3,8-9H2,1-2H3. The van der Waals surface area contributed by atoms with Crippen LogP contribution in [0.3, 0.4) is 0 Å². The Kier molecular flexibility index (Phi) is 3.21. The van der Waals surface area contributed by atoms with Gasteiger partial charge in [-0.05, 0) is 36.3 Å². The second-order valence-corrected chi connectivity index (χ2v) is 6.10. The minimum Gasteiger partial charge on any atom is -0.245 e. The fourth-order valence-corrected chi connectivity index (χ4v) is 3.80. The SMILES string of the molecule is CCC(C)c1csc(C2CCc3ccccc32)n1. The predicted octanol–water partition coefficient (Wildman–Crippen LogP) is 4.73. The maximum Gasteiger partial charge on any atom is 0.100 e. The van der Waals surface area contributed by atoms with E-state index >= 15 is 0 Å². The summed E-state index contributed by atoms with van der Waals surface area (Å²) in [6.07, 6.45) is 3.61. The first-order chi connectivity index (χ1) is 8.79. The zero-order chi connectivity index (χ0) is 12.5. The quantitative estimate of drug-likeness (QED) is 0.774. The summed E-state index contributed by atoms with van der Waals surface area (Å²) in [5.74, 6) is 1.13. The van der Waals surface area contributed by atoms with Gasteiger partial charge in [0.15, 0.2) is 0 Å². The molecule has 18 heavy (non-hydrogen) atoms. The summed E-state index contributed by atoms with van der Waals surface area (Å²) < 4.78 is 0. The Balaban J connectivity index is 1.91. The van der Waals surface area contributed by atoms with Crippen LogP contribution in [-0.4, -0.2) is 4.98 Å². The summed E-state index contributed by atoms with van der Waals surface area (Å²) in [5, 5.41) is 3.57. The molecule has 2 heteroatoms. The molecule has 2 aromatic rings. The summed E-state index contributed by atoms with van der Waals surface area (Å²) >= 11 is 1.84. The van der Waals surface area contributed by atoms with Crippen LogP contribution >= 0.6 is 11.3 Å². The van der Waals surface area contributed by atoms with Crippen LogP contribution in [0.15, 0.2) is 29.6 Å². The van der Waals surface area contributed by atoms with Gasteiger partial charge in [0.25, 0.3) is 0 Å². The topological polar surface area (TPSA) is 12.9 Å². The van der Waals surface area contributed by atoms with Gasteiger partial charge >= 0.3 is 0 Å². The Morgan fingerprint density at radius 2 is 2.22 bits per heavy atom. The molecule has 0 bridgehead atoms. The van der Waals surface area contributed by atoms with Gasteiger partial charge in [-0.25, -0.2) is 4.98 Å². The fraction of sp³-hybridized carbons (Fsp3) is 0.438. The molecule has 0 saturated heterocycles. The van der Waals surface area contributed by atoms with Crippen molar-refractivity contribution in [2.45, 2.75) is 44.9 Å². The van der Waals surface area contributed by atoms with Crippen LogP contribution in [0.4, 0.5) is 0 Å². The number of hydrogen-bond donors (Lipinski definition) is 0. The van der Waals surface area contributed by atoms with E-state index in [9.17, 15) is 0 Å². The van der Waals surface area contributed by atoms with Gasteiger partial charge in [-0.1, -0.05) is 38.1 Å². The summed E-state index contributed by atoms with van der Waals surface area (Å²) in [6.45, 7) is 4.50. The highest BCUT2D eigenvalue weighted by molar-refractivity contribution is 7.09. The molecular formula is C16H19NS. The fourth-order valence-electron chi connectivity index (χ4n) is 2.71. The van der Waals surface area contributed by atoms with Crippen LogP contribution in [-0.2, 0) is 6.42 Å². The van der Waals surface area contributed by atoms with Gasteiger partial charge in [-0.3, -0.25) is 0 Å². The molecule has 1 aromatic heterocycles. The Bertz CT molecular complexity index is 544. The lowest BCUT2D eigenvalue weighted by Gasteiger charge is -2.08. The number of nitrogens with zero attached hydrogens (tertiary/aromatic N) is 1. The summed E-state index contributed by atoms with van der Waals surface area (Å²) in [5.41, 5.74) is 4.30. The van der Waals surface area contributed by atoms with Gasteiger partial charge < -0.3 is 0 Å². The molecule has 0 amide bonds. The first-order valence-corrected chi connectivity index (χ1v) is 7.70. The average Bonchev–Trinajstić information content (AvgIpc) is 3.03. The van der Waals surface area contributed by atoms with Gasteiger partial charge in [0.1, 0.15) is 5.01 Å². The zero-order valence-electron chi connectivity index (χ0n) is 11.0. The van der Waals surface area contributed by atoms with E-state index in [4.69, 9.17) is 4.98 Å². The highest BCUT2D eigenvalue weighted by atomic mass is 32.1. The smallest absolute Gasteiger partial charge is 0.100 e. The molecular weight excluding hydrogens is 238 g/mol. The number of hydrogen-bond acceptors (Lipinski definition) is 2. The van der Waals surface area contributed by atoms with Crippen molar-refractivity contribution in [1.29, 1.82) is 0 Å². The van der Waals surface area contributed by atoms with Gasteiger partial charge in [0.2, 0.25) is 0 Å². The molecule has 0 radical (unpaired) electrons. The van der Waals surface area contributed by atoms with Crippen molar-refractivity contribution >= 4 is 11.3 Å². The van der Waals surface area contributed by atoms with E-state index in [1.54, 1.807) is 0 Å². The normalized spacial score (nSPS) is 19.8. The van der Waals surface area contributed by atoms with Crippen molar-refractivity contribution in [2.24, 2.45) is 0 Å². The first kappa shape index (κ1) is 11.9. The molecule has 0 aliphatic heterocycles. The van der Waals surface area contributed by atoms with Gasteiger partial charge in [-0.15, -0.1) is 11.3 Å². The number of aromatic nitrogens is 1. The largest absolute Gasteiger partial charge is 0.245 e. The third-order valence-electron chi connectivity index (χ3n) is 4.09. The molecule has 2 unspecified atom stereocenters. The molecule has 1 heterocycles. The molecule has 1 nitrogen and oxygen atoms in total. The maximum absolute atomic E-state index is 4.88. The molecule has 1 aromatic carbocycles. The van der Waals surface area contributed by atoms with Gasteiger partial charge in [0, 0.05) is 11.3 Å². The van der Waals surface area contributed by atoms with Crippen molar-refractivity contribution in [3.05, 3.63) is 51.5 Å². The van der Waals surface area contributed by atoms with E-state index in [1.165, 1.54) is 41.1 Å². The molecule has 1 aliphatic rings. The Labute approximate surface area is 113 Å². The second-order valence-electron chi connectivity index (χ2n) is 5.21. The van der Waals surface area contributed by atoms with E-state index in [-0.39, 0.29) is 0 Å². The predicted molar refractivity (Wildman–Crippen MR) is 77.4 cm³/mol. The van der Waals surface area contributed by atoms with Crippen LogP contribution < -0.4 is 0 Å². The number of rotatable bonds is 3. The number of thiazole rings is 1. The van der Waals surface area contributed by atoms with E-state index < -0.39 is 0 Å². The number of fused-ring (bicyclic) bond motifs is 1. The van der Waals surface area contributed by atoms with Crippen LogP contribution in [0.1, 0.15) is 60.4 Å². The average molecular weight is 257 g/mol. The maximum atomic E-state index is 4.88. The molecule has 2 atom stereocenters. The minimum absolute atomic E-state index is 0.545. The Morgan fingerprint density at radius 1 is 1.39 bits per heavy atom. The molecule has 0 N–H and O–H groups in total. The van der Waals surface area contributed by atoms with Crippen LogP contribution in [0.25, 0.3) is 0 Å². The van der Waals surface area contributed by atoms with Gasteiger partial charge in [0.05, 0.1) is 5.69 Å². The Hall–Kier alpha value is -1.15. The van der Waals surface area contributed by atoms with Gasteiger partial charge in [-0.2, -0.15) is 0 Å². The lowest BCUT2D eigenvalue weighted by Crippen LogP contribution is -1.97. The van der Waals surface area contributed by atoms with Crippen molar-refractivity contribution in [2.75, 3.05) is 0 Å². The molecule has 0 fully saturated rings. The van der Waals surface area contributed by atoms with Crippen LogP contribution in [0.2, 0.25) is 0 Å². The lowest BCUT2D eigenvalue weighted by atomic mass is 10.0. The minimum atomic E-state index is 0.545. The third kappa shape index (κ3) is 1.99. The summed E-state index contributed by atoms with van der Waals surface area (Å²) in [6, 6.07) is 8.84. The summed E-state index contributed by atoms with van der Waals surface area (Å²) in [4.78, 5) is 4.88. The van der Waals surface area contributed by atoms with E-state index in [0.717, 1.165) is 0 Å². The summed E-state index contributed by atoms with van der Waals surface area (Å²) in [7, 11) is 0. The Morgan fingerprint density at radius 3 is 3.06 bits per heavy atom. The third-order valence-corrected chi connectivity index (χ3v) is 5.06. The van der Waals surface area contributed by atoms with Crippen molar-refractivity contribution in [1.82, 2.24) is 4.98 Å². The molecule has 1 aliphatic carbocycles. The molecule has 94 valence electrons. The first-order valence-electron chi connectivity index (χ1n) is 6.82. The van der Waals surface area contributed by atoms with Crippen molar-refractivity contribution < 1.29 is 0 Å². The lowest BCUT2D eigenvalue weighted by molar-refractivity contribution is 0.700. The number of benzene rings is 1. The highest BCUT2D eigenvalue weighted by Crippen LogP contribution is 2.39. The second kappa shape index (κ2) is 4.85. The zero-order valence-corrected chi connectivity index (χ0v) is 11.8.